The van der Waals surface area contributed by atoms with Crippen LogP contribution in [0.3, 0.4) is 0 Å². The minimum atomic E-state index is -0.435. The van der Waals surface area contributed by atoms with Crippen LogP contribution in [0.15, 0.2) is 29.2 Å². The van der Waals surface area contributed by atoms with E-state index in [-0.39, 0.29) is 30.1 Å². The average Bonchev–Trinajstić information content (AvgIpc) is 2.98. The fourth-order valence-corrected chi connectivity index (χ4v) is 3.84. The molecule has 0 radical (unpaired) electrons. The molecule has 22 heavy (non-hydrogen) atoms. The number of thioether (sulfide) groups is 1. The third kappa shape index (κ3) is 2.94. The number of anilines is 1. The Balaban J connectivity index is 1.63. The third-order valence-corrected chi connectivity index (χ3v) is 5.29. The number of nitrogens with zero attached hydrogens (tertiary/aromatic N) is 1. The number of fused-ring (bicyclic) bond motifs is 1. The molecule has 2 aliphatic rings. The highest BCUT2D eigenvalue weighted by molar-refractivity contribution is 8.01. The second-order valence-electron chi connectivity index (χ2n) is 5.52. The van der Waals surface area contributed by atoms with Crippen molar-refractivity contribution in [2.75, 3.05) is 18.4 Å². The van der Waals surface area contributed by atoms with Gasteiger partial charge < -0.3 is 16.0 Å². The Hall–Kier alpha value is -2.02. The van der Waals surface area contributed by atoms with Gasteiger partial charge in [-0.25, -0.2) is 0 Å². The Labute approximate surface area is 132 Å². The zero-order chi connectivity index (χ0) is 15.7. The number of hydrogen-bond donors (Lipinski definition) is 2. The van der Waals surface area contributed by atoms with Crippen molar-refractivity contribution in [3.05, 3.63) is 24.3 Å². The summed E-state index contributed by atoms with van der Waals surface area (Å²) < 4.78 is 0. The van der Waals surface area contributed by atoms with E-state index in [0.29, 0.717) is 19.5 Å². The normalized spacial score (nSPS) is 23.8. The van der Waals surface area contributed by atoms with Crippen LogP contribution in [0.4, 0.5) is 5.69 Å². The van der Waals surface area contributed by atoms with Gasteiger partial charge in [-0.3, -0.25) is 14.4 Å². The number of likely N-dealkylation sites (tertiary alicyclic amines) is 1. The maximum atomic E-state index is 12.3. The number of carbonyl (C=O) groups excluding carboxylic acids is 3. The van der Waals surface area contributed by atoms with Crippen molar-refractivity contribution in [3.63, 3.8) is 0 Å². The largest absolute Gasteiger partial charge is 0.369 e. The first-order valence-corrected chi connectivity index (χ1v) is 8.06. The molecular formula is C15H17N3O3S. The van der Waals surface area contributed by atoms with E-state index >= 15 is 0 Å². The van der Waals surface area contributed by atoms with E-state index in [9.17, 15) is 14.4 Å². The van der Waals surface area contributed by atoms with Crippen molar-refractivity contribution < 1.29 is 14.4 Å². The van der Waals surface area contributed by atoms with E-state index < -0.39 is 5.25 Å². The third-order valence-electron chi connectivity index (χ3n) is 4.01. The van der Waals surface area contributed by atoms with Crippen molar-refractivity contribution in [2.24, 2.45) is 11.7 Å². The van der Waals surface area contributed by atoms with Crippen molar-refractivity contribution >= 4 is 35.2 Å². The van der Waals surface area contributed by atoms with Crippen LogP contribution in [0.25, 0.3) is 0 Å². The van der Waals surface area contributed by atoms with E-state index in [0.717, 1.165) is 10.6 Å². The van der Waals surface area contributed by atoms with Gasteiger partial charge in [0.15, 0.2) is 0 Å². The van der Waals surface area contributed by atoms with Crippen LogP contribution in [-0.2, 0) is 14.4 Å². The number of nitrogens with two attached hydrogens (primary N) is 1. The average molecular weight is 319 g/mol. The number of nitrogens with one attached hydrogen (secondary N) is 1. The van der Waals surface area contributed by atoms with Crippen LogP contribution < -0.4 is 11.1 Å². The van der Waals surface area contributed by atoms with Gasteiger partial charge in [0, 0.05) is 24.4 Å². The predicted molar refractivity (Wildman–Crippen MR) is 83.2 cm³/mol. The Morgan fingerprint density at radius 2 is 2.14 bits per heavy atom. The maximum Gasteiger partial charge on any atom is 0.238 e. The van der Waals surface area contributed by atoms with Crippen LogP contribution in [0.1, 0.15) is 12.8 Å². The molecule has 1 saturated heterocycles. The summed E-state index contributed by atoms with van der Waals surface area (Å²) in [6.45, 7) is 0.895. The first kappa shape index (κ1) is 14.9. The molecule has 2 heterocycles. The minimum absolute atomic E-state index is 0.101. The van der Waals surface area contributed by atoms with Gasteiger partial charge in [-0.15, -0.1) is 11.8 Å². The number of carbonyl (C=O) groups is 3. The molecule has 6 nitrogen and oxygen atoms in total. The van der Waals surface area contributed by atoms with Crippen molar-refractivity contribution in [2.45, 2.75) is 23.0 Å². The van der Waals surface area contributed by atoms with Gasteiger partial charge in [-0.2, -0.15) is 0 Å². The molecule has 1 aromatic carbocycles. The Kier molecular flexibility index (Phi) is 4.06. The molecule has 0 aliphatic carbocycles. The second kappa shape index (κ2) is 6.00. The van der Waals surface area contributed by atoms with Crippen molar-refractivity contribution in [1.29, 1.82) is 0 Å². The quantitative estimate of drug-likeness (QED) is 0.863. The molecule has 2 atom stereocenters. The zero-order valence-electron chi connectivity index (χ0n) is 12.0. The molecule has 116 valence electrons. The van der Waals surface area contributed by atoms with E-state index in [1.54, 1.807) is 4.90 Å². The van der Waals surface area contributed by atoms with Crippen LogP contribution in [0, 0.1) is 5.92 Å². The molecule has 1 fully saturated rings. The topological polar surface area (TPSA) is 92.5 Å². The molecule has 0 aromatic heterocycles. The highest BCUT2D eigenvalue weighted by atomic mass is 32.2. The molecule has 0 spiro atoms. The predicted octanol–water partition coefficient (Wildman–Crippen LogP) is 0.823. The van der Waals surface area contributed by atoms with Gasteiger partial charge in [0.2, 0.25) is 17.7 Å². The summed E-state index contributed by atoms with van der Waals surface area (Å²) in [5.74, 6) is -0.884. The van der Waals surface area contributed by atoms with Gasteiger partial charge in [-0.1, -0.05) is 12.1 Å². The van der Waals surface area contributed by atoms with Crippen molar-refractivity contribution in [3.8, 4) is 0 Å². The summed E-state index contributed by atoms with van der Waals surface area (Å²) in [5.41, 5.74) is 6.06. The van der Waals surface area contributed by atoms with Gasteiger partial charge in [0.05, 0.1) is 16.9 Å². The first-order valence-electron chi connectivity index (χ1n) is 7.18. The van der Waals surface area contributed by atoms with Gasteiger partial charge >= 0.3 is 0 Å². The van der Waals surface area contributed by atoms with Gasteiger partial charge in [0.25, 0.3) is 0 Å². The molecular weight excluding hydrogens is 302 g/mol. The SMILES string of the molecule is NC(=O)[C@H]1CCN(C(=O)C[C@@H]2Sc3ccccc3NC2=O)C1. The Morgan fingerprint density at radius 3 is 2.86 bits per heavy atom. The van der Waals surface area contributed by atoms with E-state index in [4.69, 9.17) is 5.73 Å². The summed E-state index contributed by atoms with van der Waals surface area (Å²) in [5, 5.41) is 2.39. The number of primary amides is 1. The van der Waals surface area contributed by atoms with Crippen LogP contribution in [-0.4, -0.2) is 41.0 Å². The van der Waals surface area contributed by atoms with E-state index in [1.807, 2.05) is 24.3 Å². The van der Waals surface area contributed by atoms with E-state index in [2.05, 4.69) is 5.32 Å². The first-order chi connectivity index (χ1) is 10.5. The lowest BCUT2D eigenvalue weighted by atomic mass is 10.1. The van der Waals surface area contributed by atoms with Gasteiger partial charge in [0.1, 0.15) is 0 Å². The lowest BCUT2D eigenvalue weighted by Gasteiger charge is -2.25. The summed E-state index contributed by atoms with van der Waals surface area (Å²) in [6.07, 6.45) is 0.740. The minimum Gasteiger partial charge on any atom is -0.369 e. The highest BCUT2D eigenvalue weighted by Crippen LogP contribution is 2.37. The van der Waals surface area contributed by atoms with Gasteiger partial charge in [-0.05, 0) is 18.6 Å². The number of rotatable bonds is 3. The van der Waals surface area contributed by atoms with Crippen LogP contribution in [0.5, 0.6) is 0 Å². The highest BCUT2D eigenvalue weighted by Gasteiger charge is 2.34. The number of para-hydroxylation sites is 1. The standard InChI is InChI=1S/C15H17N3O3S/c16-14(20)9-5-6-18(8-9)13(19)7-12-15(21)17-10-3-1-2-4-11(10)22-12/h1-4,9,12H,5-8H2,(H2,16,20)(H,17,21)/t9-,12-/m0/s1. The number of benzene rings is 1. The Bertz CT molecular complexity index is 634. The molecule has 0 saturated carbocycles. The molecule has 3 N–H and O–H groups in total. The fraction of sp³-hybridized carbons (Fsp3) is 0.400. The lowest BCUT2D eigenvalue weighted by molar-refractivity contribution is -0.132. The van der Waals surface area contributed by atoms with Crippen molar-refractivity contribution in [1.82, 2.24) is 4.90 Å². The molecule has 3 amide bonds. The molecule has 2 aliphatic heterocycles. The summed E-state index contributed by atoms with van der Waals surface area (Å²) in [7, 11) is 0. The lowest BCUT2D eigenvalue weighted by Crippen LogP contribution is -2.37. The zero-order valence-corrected chi connectivity index (χ0v) is 12.8. The molecule has 3 rings (SSSR count). The van der Waals surface area contributed by atoms with Crippen LogP contribution in [0.2, 0.25) is 0 Å². The number of amides is 3. The Morgan fingerprint density at radius 1 is 1.36 bits per heavy atom. The molecule has 7 heteroatoms. The summed E-state index contributed by atoms with van der Waals surface area (Å²) in [4.78, 5) is 38.2. The summed E-state index contributed by atoms with van der Waals surface area (Å²) >= 11 is 1.41. The fourth-order valence-electron chi connectivity index (χ4n) is 2.73. The smallest absolute Gasteiger partial charge is 0.238 e. The second-order valence-corrected chi connectivity index (χ2v) is 6.77. The monoisotopic (exact) mass is 319 g/mol. The molecule has 0 bridgehead atoms. The molecule has 1 aromatic rings. The maximum absolute atomic E-state index is 12.3. The summed E-state index contributed by atoms with van der Waals surface area (Å²) in [6, 6.07) is 7.53. The van der Waals surface area contributed by atoms with E-state index in [1.165, 1.54) is 11.8 Å². The molecule has 0 unspecified atom stereocenters. The van der Waals surface area contributed by atoms with Crippen LogP contribution >= 0.6 is 11.8 Å². The number of hydrogen-bond acceptors (Lipinski definition) is 4.